The maximum absolute atomic E-state index is 13.9. The van der Waals surface area contributed by atoms with Gasteiger partial charge in [0.15, 0.2) is 0 Å². The summed E-state index contributed by atoms with van der Waals surface area (Å²) >= 11 is 6.20. The summed E-state index contributed by atoms with van der Waals surface area (Å²) in [5.74, 6) is 0.176. The Balaban J connectivity index is 1.59. The van der Waals surface area contributed by atoms with Gasteiger partial charge in [0.1, 0.15) is 0 Å². The van der Waals surface area contributed by atoms with E-state index in [0.29, 0.717) is 12.6 Å². The third-order valence-corrected chi connectivity index (χ3v) is 6.94. The molecule has 1 amide bonds. The molecular formula is C28H33ClN2O. The van der Waals surface area contributed by atoms with Crippen LogP contribution in [0.3, 0.4) is 0 Å². The lowest BCUT2D eigenvalue weighted by Crippen LogP contribution is -2.43. The third-order valence-electron chi connectivity index (χ3n) is 6.70. The first-order valence-corrected chi connectivity index (χ1v) is 12.3. The second kappa shape index (κ2) is 10.9. The summed E-state index contributed by atoms with van der Waals surface area (Å²) in [6.45, 7) is 3.53. The summed E-state index contributed by atoms with van der Waals surface area (Å²) in [5, 5.41) is 0.754. The van der Waals surface area contributed by atoms with E-state index in [2.05, 4.69) is 52.9 Å². The molecule has 168 valence electrons. The lowest BCUT2D eigenvalue weighted by atomic mass is 9.90. The van der Waals surface area contributed by atoms with Crippen molar-refractivity contribution in [2.24, 2.45) is 0 Å². The van der Waals surface area contributed by atoms with Gasteiger partial charge in [-0.3, -0.25) is 4.79 Å². The normalized spacial score (nSPS) is 15.4. The van der Waals surface area contributed by atoms with Crippen LogP contribution in [-0.4, -0.2) is 21.4 Å². The predicted molar refractivity (Wildman–Crippen MR) is 132 cm³/mol. The van der Waals surface area contributed by atoms with Crippen LogP contribution in [0.2, 0.25) is 5.02 Å². The van der Waals surface area contributed by atoms with Crippen molar-refractivity contribution in [3.8, 4) is 0 Å². The van der Waals surface area contributed by atoms with Crippen LogP contribution in [0.5, 0.6) is 0 Å². The highest BCUT2D eigenvalue weighted by Crippen LogP contribution is 2.30. The van der Waals surface area contributed by atoms with E-state index >= 15 is 0 Å². The van der Waals surface area contributed by atoms with Crippen molar-refractivity contribution in [3.05, 3.63) is 94.8 Å². The van der Waals surface area contributed by atoms with Crippen molar-refractivity contribution in [2.45, 2.75) is 70.5 Å². The minimum absolute atomic E-state index is 0.0885. The van der Waals surface area contributed by atoms with E-state index in [1.54, 1.807) is 0 Å². The zero-order valence-corrected chi connectivity index (χ0v) is 19.7. The number of amides is 1. The van der Waals surface area contributed by atoms with Gasteiger partial charge in [0.05, 0.1) is 12.5 Å². The third kappa shape index (κ3) is 5.45. The van der Waals surface area contributed by atoms with Crippen LogP contribution in [0.25, 0.3) is 0 Å². The first-order valence-electron chi connectivity index (χ1n) is 11.9. The summed E-state index contributed by atoms with van der Waals surface area (Å²) in [5.41, 5.74) is 3.46. The second-order valence-electron chi connectivity index (χ2n) is 8.89. The van der Waals surface area contributed by atoms with Gasteiger partial charge in [0, 0.05) is 29.5 Å². The number of halogens is 1. The van der Waals surface area contributed by atoms with Gasteiger partial charge in [-0.25, -0.2) is 0 Å². The van der Waals surface area contributed by atoms with Crippen LogP contribution < -0.4 is 0 Å². The largest absolute Gasteiger partial charge is 0.345 e. The average Bonchev–Trinajstić information content (AvgIpc) is 3.25. The Morgan fingerprint density at radius 2 is 1.81 bits per heavy atom. The monoisotopic (exact) mass is 448 g/mol. The summed E-state index contributed by atoms with van der Waals surface area (Å²) in [4.78, 5) is 16.1. The fourth-order valence-corrected chi connectivity index (χ4v) is 5.18. The van der Waals surface area contributed by atoms with Crippen molar-refractivity contribution in [3.63, 3.8) is 0 Å². The molecule has 1 fully saturated rings. The minimum atomic E-state index is -0.0885. The van der Waals surface area contributed by atoms with Crippen molar-refractivity contribution in [2.75, 3.05) is 0 Å². The lowest BCUT2D eigenvalue weighted by Gasteiger charge is -2.37. The summed E-state index contributed by atoms with van der Waals surface area (Å²) < 4.78 is 2.25. The maximum atomic E-state index is 13.9. The Labute approximate surface area is 197 Å². The maximum Gasteiger partial charge on any atom is 0.230 e. The number of nitrogens with zero attached hydrogens (tertiary/aromatic N) is 2. The van der Waals surface area contributed by atoms with Crippen molar-refractivity contribution in [1.29, 1.82) is 0 Å². The van der Waals surface area contributed by atoms with Gasteiger partial charge in [0.25, 0.3) is 0 Å². The van der Waals surface area contributed by atoms with E-state index in [1.165, 1.54) is 30.5 Å². The van der Waals surface area contributed by atoms with E-state index in [9.17, 15) is 4.79 Å². The predicted octanol–water partition coefficient (Wildman–Crippen LogP) is 7.04. The fourth-order valence-electron chi connectivity index (χ4n) is 4.97. The molecule has 0 spiro atoms. The molecule has 2 aromatic carbocycles. The summed E-state index contributed by atoms with van der Waals surface area (Å²) in [6, 6.07) is 22.8. The summed E-state index contributed by atoms with van der Waals surface area (Å²) in [6.07, 6.45) is 8.82. The Morgan fingerprint density at radius 3 is 2.53 bits per heavy atom. The van der Waals surface area contributed by atoms with Crippen LogP contribution in [0.15, 0.2) is 72.9 Å². The quantitative estimate of drug-likeness (QED) is 0.362. The molecule has 1 atom stereocenters. The molecule has 0 radical (unpaired) electrons. The number of carbonyl (C=O) groups is 1. The van der Waals surface area contributed by atoms with Gasteiger partial charge < -0.3 is 9.47 Å². The van der Waals surface area contributed by atoms with E-state index in [0.717, 1.165) is 36.4 Å². The van der Waals surface area contributed by atoms with Gasteiger partial charge >= 0.3 is 0 Å². The summed E-state index contributed by atoms with van der Waals surface area (Å²) in [7, 11) is 0. The molecule has 0 aliphatic heterocycles. The topological polar surface area (TPSA) is 25.2 Å². The Hall–Kier alpha value is -2.52. The van der Waals surface area contributed by atoms with Crippen LogP contribution in [-0.2, 0) is 17.9 Å². The minimum Gasteiger partial charge on any atom is -0.345 e. The number of hydrogen-bond donors (Lipinski definition) is 0. The van der Waals surface area contributed by atoms with E-state index in [4.69, 9.17) is 11.6 Å². The Morgan fingerprint density at radius 1 is 1.03 bits per heavy atom. The van der Waals surface area contributed by atoms with Crippen LogP contribution in [0, 0.1) is 0 Å². The highest BCUT2D eigenvalue weighted by molar-refractivity contribution is 6.30. The zero-order chi connectivity index (χ0) is 22.3. The molecule has 1 heterocycles. The van der Waals surface area contributed by atoms with Crippen molar-refractivity contribution >= 4 is 17.5 Å². The van der Waals surface area contributed by atoms with Crippen LogP contribution >= 0.6 is 11.6 Å². The number of rotatable bonds is 8. The van der Waals surface area contributed by atoms with Crippen LogP contribution in [0.4, 0.5) is 0 Å². The highest BCUT2D eigenvalue weighted by atomic mass is 35.5. The molecule has 1 saturated carbocycles. The molecule has 32 heavy (non-hydrogen) atoms. The van der Waals surface area contributed by atoms with E-state index < -0.39 is 0 Å². The molecule has 0 unspecified atom stereocenters. The molecule has 0 saturated heterocycles. The lowest BCUT2D eigenvalue weighted by molar-refractivity contribution is -0.136. The van der Waals surface area contributed by atoms with Gasteiger partial charge in [-0.15, -0.1) is 0 Å². The van der Waals surface area contributed by atoms with Crippen molar-refractivity contribution < 1.29 is 4.79 Å². The number of aromatic nitrogens is 1. The number of hydrogen-bond acceptors (Lipinski definition) is 1. The highest BCUT2D eigenvalue weighted by Gasteiger charge is 2.31. The van der Waals surface area contributed by atoms with E-state index in [-0.39, 0.29) is 11.8 Å². The molecule has 4 rings (SSSR count). The van der Waals surface area contributed by atoms with E-state index in [1.807, 2.05) is 36.4 Å². The second-order valence-corrected chi connectivity index (χ2v) is 9.32. The molecular weight excluding hydrogens is 416 g/mol. The zero-order valence-electron chi connectivity index (χ0n) is 18.9. The van der Waals surface area contributed by atoms with Crippen LogP contribution in [0.1, 0.15) is 68.2 Å². The molecule has 1 aromatic heterocycles. The molecule has 3 aromatic rings. The Bertz CT molecular complexity index is 1010. The first-order chi connectivity index (χ1) is 15.7. The van der Waals surface area contributed by atoms with Gasteiger partial charge in [-0.1, -0.05) is 80.3 Å². The SMILES string of the molecule is CC[C@H](C(=O)N(Cc1cccn1Cc1cccc(Cl)c1)C1CCCCC1)c1ccccc1. The Kier molecular flexibility index (Phi) is 7.70. The van der Waals surface area contributed by atoms with Gasteiger partial charge in [0.2, 0.25) is 5.91 Å². The molecule has 3 nitrogen and oxygen atoms in total. The molecule has 0 N–H and O–H groups in total. The molecule has 0 bridgehead atoms. The smallest absolute Gasteiger partial charge is 0.230 e. The number of carbonyl (C=O) groups excluding carboxylic acids is 1. The van der Waals surface area contributed by atoms with Crippen molar-refractivity contribution in [1.82, 2.24) is 9.47 Å². The molecule has 4 heteroatoms. The number of benzene rings is 2. The van der Waals surface area contributed by atoms with Gasteiger partial charge in [-0.05, 0) is 54.7 Å². The fraction of sp³-hybridized carbons (Fsp3) is 0.393. The van der Waals surface area contributed by atoms with Gasteiger partial charge in [-0.2, -0.15) is 0 Å². The molecule has 1 aliphatic carbocycles. The average molecular weight is 449 g/mol. The standard InChI is InChI=1S/C28H33ClN2O/c1-2-27(23-12-5-3-6-13-23)28(32)31(25-15-7-4-8-16-25)21-26-17-10-18-30(26)20-22-11-9-14-24(29)19-22/h3,5-6,9-14,17-19,25,27H,2,4,7-8,15-16,20-21H2,1H3/t27-/m0/s1. The molecule has 1 aliphatic rings. The first kappa shape index (κ1) is 22.7.